The maximum absolute atomic E-state index is 12.1. The molecule has 0 spiro atoms. The van der Waals surface area contributed by atoms with E-state index in [1.54, 1.807) is 0 Å². The number of carbonyl (C=O) groups excluding carboxylic acids is 1. The molecule has 2 unspecified atom stereocenters. The van der Waals surface area contributed by atoms with E-state index in [1.807, 2.05) is 24.3 Å². The predicted molar refractivity (Wildman–Crippen MR) is 71.2 cm³/mol. The molecule has 6 heteroatoms. The highest BCUT2D eigenvalue weighted by atomic mass is 16.3. The predicted octanol–water partition coefficient (Wildman–Crippen LogP) is 0.158. The molecule has 1 aromatic carbocycles. The first kappa shape index (κ1) is 12.6. The number of rotatable bonds is 2. The summed E-state index contributed by atoms with van der Waals surface area (Å²) in [5, 5.41) is 12.8. The minimum atomic E-state index is -0.654. The number of aromatic nitrogens is 2. The number of aliphatic hydroxyl groups is 1. The molecule has 6 nitrogen and oxygen atoms in total. The summed E-state index contributed by atoms with van der Waals surface area (Å²) in [6.45, 7) is 0. The summed E-state index contributed by atoms with van der Waals surface area (Å²) in [5.41, 5.74) is 1.69. The molecule has 102 valence electrons. The molecule has 1 amide bonds. The maximum atomic E-state index is 12.1. The van der Waals surface area contributed by atoms with E-state index >= 15 is 0 Å². The number of amides is 1. The Morgan fingerprint density at radius 3 is 2.95 bits per heavy atom. The standard InChI is InChI=1S/C14H13N3O3/c18-11-5-8-3-1-2-4-9(8)13(11)17-14(20)10-6-16-12(19)7-15-10/h1-4,6-7,11,13,18H,5H2,(H,16,19)(H,17,20). The molecule has 3 N–H and O–H groups in total. The Kier molecular flexibility index (Phi) is 3.08. The van der Waals surface area contributed by atoms with E-state index in [0.29, 0.717) is 6.42 Å². The van der Waals surface area contributed by atoms with Crippen molar-refractivity contribution in [2.24, 2.45) is 0 Å². The number of hydrogen-bond acceptors (Lipinski definition) is 4. The average Bonchev–Trinajstić information content (AvgIpc) is 2.76. The van der Waals surface area contributed by atoms with Crippen LogP contribution in [0, 0.1) is 0 Å². The van der Waals surface area contributed by atoms with Gasteiger partial charge in [-0.1, -0.05) is 24.3 Å². The van der Waals surface area contributed by atoms with E-state index in [-0.39, 0.29) is 11.3 Å². The number of carbonyl (C=O) groups is 1. The van der Waals surface area contributed by atoms with Gasteiger partial charge in [0.25, 0.3) is 11.5 Å². The molecule has 1 aliphatic rings. The topological polar surface area (TPSA) is 95.1 Å². The smallest absolute Gasteiger partial charge is 0.271 e. The van der Waals surface area contributed by atoms with Crippen molar-refractivity contribution in [1.29, 1.82) is 0 Å². The molecule has 0 aliphatic heterocycles. The summed E-state index contributed by atoms with van der Waals surface area (Å²) in [7, 11) is 0. The molecular weight excluding hydrogens is 258 g/mol. The van der Waals surface area contributed by atoms with E-state index in [0.717, 1.165) is 17.3 Å². The zero-order chi connectivity index (χ0) is 14.1. The molecule has 2 aromatic rings. The van der Waals surface area contributed by atoms with E-state index in [1.165, 1.54) is 6.20 Å². The number of H-pyrrole nitrogens is 1. The first-order chi connectivity index (χ1) is 9.65. The normalized spacial score (nSPS) is 20.4. The van der Waals surface area contributed by atoms with Gasteiger partial charge in [0.05, 0.1) is 18.3 Å². The van der Waals surface area contributed by atoms with Crippen molar-refractivity contribution in [3.63, 3.8) is 0 Å². The average molecular weight is 271 g/mol. The van der Waals surface area contributed by atoms with Gasteiger partial charge in [-0.25, -0.2) is 4.98 Å². The Labute approximate surface area is 114 Å². The minimum Gasteiger partial charge on any atom is -0.390 e. The fraction of sp³-hybridized carbons (Fsp3) is 0.214. The van der Waals surface area contributed by atoms with Crippen LogP contribution in [0.1, 0.15) is 27.7 Å². The summed E-state index contributed by atoms with van der Waals surface area (Å²) in [6, 6.07) is 7.14. The van der Waals surface area contributed by atoms with Gasteiger partial charge in [0, 0.05) is 12.6 Å². The van der Waals surface area contributed by atoms with Gasteiger partial charge in [-0.15, -0.1) is 0 Å². The summed E-state index contributed by atoms with van der Waals surface area (Å²) in [6.07, 6.45) is 2.16. The van der Waals surface area contributed by atoms with Gasteiger partial charge >= 0.3 is 0 Å². The Balaban J connectivity index is 1.83. The minimum absolute atomic E-state index is 0.112. The quantitative estimate of drug-likeness (QED) is 0.725. The van der Waals surface area contributed by atoms with Gasteiger partial charge in [0.1, 0.15) is 5.69 Å². The second kappa shape index (κ2) is 4.90. The van der Waals surface area contributed by atoms with Crippen LogP contribution >= 0.6 is 0 Å². The maximum Gasteiger partial charge on any atom is 0.271 e. The fourth-order valence-corrected chi connectivity index (χ4v) is 2.43. The van der Waals surface area contributed by atoms with Crippen LogP contribution in [0.25, 0.3) is 0 Å². The van der Waals surface area contributed by atoms with Crippen molar-refractivity contribution in [2.45, 2.75) is 18.6 Å². The van der Waals surface area contributed by atoms with Gasteiger partial charge in [-0.3, -0.25) is 9.59 Å². The Bertz CT molecular complexity index is 690. The highest BCUT2D eigenvalue weighted by Crippen LogP contribution is 2.31. The number of benzene rings is 1. The number of fused-ring (bicyclic) bond motifs is 1. The van der Waals surface area contributed by atoms with Crippen LogP contribution in [0.2, 0.25) is 0 Å². The van der Waals surface area contributed by atoms with Crippen molar-refractivity contribution in [3.8, 4) is 0 Å². The van der Waals surface area contributed by atoms with Crippen molar-refractivity contribution in [3.05, 3.63) is 63.8 Å². The number of aliphatic hydroxyl groups excluding tert-OH is 1. The van der Waals surface area contributed by atoms with Crippen molar-refractivity contribution >= 4 is 5.91 Å². The number of nitrogens with zero attached hydrogens (tertiary/aromatic N) is 1. The van der Waals surface area contributed by atoms with Crippen molar-refractivity contribution in [1.82, 2.24) is 15.3 Å². The van der Waals surface area contributed by atoms with E-state index in [4.69, 9.17) is 0 Å². The zero-order valence-electron chi connectivity index (χ0n) is 10.5. The highest BCUT2D eigenvalue weighted by molar-refractivity contribution is 5.92. The molecule has 0 fully saturated rings. The summed E-state index contributed by atoms with van der Waals surface area (Å²) in [4.78, 5) is 29.1. The van der Waals surface area contributed by atoms with Gasteiger partial charge in [0.2, 0.25) is 0 Å². The van der Waals surface area contributed by atoms with Gasteiger partial charge < -0.3 is 15.4 Å². The third kappa shape index (κ3) is 2.21. The largest absolute Gasteiger partial charge is 0.390 e. The summed E-state index contributed by atoms with van der Waals surface area (Å²) < 4.78 is 0. The molecule has 2 atom stereocenters. The SMILES string of the molecule is O=C(NC1c2ccccc2CC1O)c1c[nH]c(=O)cn1. The first-order valence-corrected chi connectivity index (χ1v) is 6.26. The Morgan fingerprint density at radius 2 is 2.20 bits per heavy atom. The molecule has 1 aliphatic carbocycles. The van der Waals surface area contributed by atoms with E-state index in [9.17, 15) is 14.7 Å². The van der Waals surface area contributed by atoms with Crippen LogP contribution in [0.5, 0.6) is 0 Å². The van der Waals surface area contributed by atoms with E-state index < -0.39 is 18.1 Å². The molecule has 1 aromatic heterocycles. The van der Waals surface area contributed by atoms with E-state index in [2.05, 4.69) is 15.3 Å². The van der Waals surface area contributed by atoms with Crippen LogP contribution in [0.3, 0.4) is 0 Å². The lowest BCUT2D eigenvalue weighted by Gasteiger charge is -2.17. The third-order valence-corrected chi connectivity index (χ3v) is 3.40. The molecule has 0 saturated heterocycles. The molecule has 0 bridgehead atoms. The lowest BCUT2D eigenvalue weighted by molar-refractivity contribution is 0.0853. The first-order valence-electron chi connectivity index (χ1n) is 6.26. The number of nitrogens with one attached hydrogen (secondary N) is 2. The Morgan fingerprint density at radius 1 is 1.40 bits per heavy atom. The third-order valence-electron chi connectivity index (χ3n) is 3.40. The lowest BCUT2D eigenvalue weighted by atomic mass is 10.1. The summed E-state index contributed by atoms with van der Waals surface area (Å²) >= 11 is 0. The molecule has 1 heterocycles. The molecule has 0 radical (unpaired) electrons. The monoisotopic (exact) mass is 271 g/mol. The molecular formula is C14H13N3O3. The Hall–Kier alpha value is -2.47. The molecule has 0 saturated carbocycles. The second-order valence-electron chi connectivity index (χ2n) is 4.72. The van der Waals surface area contributed by atoms with Gasteiger partial charge in [0.15, 0.2) is 0 Å². The second-order valence-corrected chi connectivity index (χ2v) is 4.72. The van der Waals surface area contributed by atoms with Gasteiger partial charge in [-0.05, 0) is 11.1 Å². The van der Waals surface area contributed by atoms with Crippen LogP contribution in [-0.4, -0.2) is 27.1 Å². The van der Waals surface area contributed by atoms with Gasteiger partial charge in [-0.2, -0.15) is 0 Å². The number of hydrogen-bond donors (Lipinski definition) is 3. The van der Waals surface area contributed by atoms with Crippen LogP contribution < -0.4 is 10.9 Å². The van der Waals surface area contributed by atoms with Crippen LogP contribution in [0.4, 0.5) is 0 Å². The van der Waals surface area contributed by atoms with Crippen molar-refractivity contribution in [2.75, 3.05) is 0 Å². The summed E-state index contributed by atoms with van der Waals surface area (Å²) in [5.74, 6) is -0.429. The lowest BCUT2D eigenvalue weighted by Crippen LogP contribution is -2.34. The highest BCUT2D eigenvalue weighted by Gasteiger charge is 2.32. The van der Waals surface area contributed by atoms with Crippen LogP contribution in [-0.2, 0) is 6.42 Å². The number of aromatic amines is 1. The zero-order valence-corrected chi connectivity index (χ0v) is 10.5. The molecule has 20 heavy (non-hydrogen) atoms. The van der Waals surface area contributed by atoms with Crippen LogP contribution in [0.15, 0.2) is 41.5 Å². The molecule has 3 rings (SSSR count). The van der Waals surface area contributed by atoms with Crippen molar-refractivity contribution < 1.29 is 9.90 Å². The fourth-order valence-electron chi connectivity index (χ4n) is 2.43.